The molecule has 2 heterocycles. The third-order valence-electron chi connectivity index (χ3n) is 4.46. The first-order valence-electron chi connectivity index (χ1n) is 8.64. The molecule has 2 aliphatic heterocycles. The minimum atomic E-state index is -0.427. The van der Waals surface area contributed by atoms with E-state index in [1.54, 1.807) is 7.11 Å². The van der Waals surface area contributed by atoms with E-state index >= 15 is 0 Å². The summed E-state index contributed by atoms with van der Waals surface area (Å²) in [5.41, 5.74) is 0.902. The molecule has 0 aliphatic carbocycles. The van der Waals surface area contributed by atoms with Gasteiger partial charge in [-0.1, -0.05) is 6.07 Å². The van der Waals surface area contributed by atoms with E-state index in [2.05, 4.69) is 10.6 Å². The average molecular weight is 348 g/mol. The zero-order valence-electron chi connectivity index (χ0n) is 14.4. The highest BCUT2D eigenvalue weighted by Gasteiger charge is 2.26. The van der Waals surface area contributed by atoms with Gasteiger partial charge in [0.1, 0.15) is 12.6 Å². The molecule has 7 nitrogen and oxygen atoms in total. The zero-order valence-corrected chi connectivity index (χ0v) is 14.4. The largest absolute Gasteiger partial charge is 0.493 e. The Hall–Kier alpha value is -2.28. The molecule has 7 heteroatoms. The van der Waals surface area contributed by atoms with Crippen molar-refractivity contribution in [3.05, 3.63) is 23.8 Å². The number of benzene rings is 1. The van der Waals surface area contributed by atoms with Crippen molar-refractivity contribution in [2.24, 2.45) is 0 Å². The summed E-state index contributed by atoms with van der Waals surface area (Å²) < 4.78 is 16.7. The van der Waals surface area contributed by atoms with E-state index in [0.29, 0.717) is 37.5 Å². The molecule has 0 bridgehead atoms. The molecule has 2 atom stereocenters. The summed E-state index contributed by atoms with van der Waals surface area (Å²) in [4.78, 5) is 23.2. The van der Waals surface area contributed by atoms with Crippen LogP contribution in [0, 0.1) is 0 Å². The standard InChI is InChI=1S/C18H24N2O5/c1-23-16-9-12(10-19-18(22)14-5-7-17(21)20-14)4-6-15(16)25-11-13-3-2-8-24-13/h4,6,9,13-14H,2-3,5,7-8,10-11H2,1H3,(H,19,22)(H,20,21)/t13-,14+/m1/s1. The number of hydrogen-bond donors (Lipinski definition) is 2. The predicted molar refractivity (Wildman–Crippen MR) is 90.5 cm³/mol. The lowest BCUT2D eigenvalue weighted by Crippen LogP contribution is -2.41. The van der Waals surface area contributed by atoms with Gasteiger partial charge < -0.3 is 24.8 Å². The van der Waals surface area contributed by atoms with Crippen molar-refractivity contribution in [3.8, 4) is 11.5 Å². The molecule has 1 aromatic rings. The Labute approximate surface area is 147 Å². The third kappa shape index (κ3) is 4.63. The molecule has 0 spiro atoms. The van der Waals surface area contributed by atoms with Crippen molar-refractivity contribution >= 4 is 11.8 Å². The fraction of sp³-hybridized carbons (Fsp3) is 0.556. The molecule has 2 saturated heterocycles. The number of nitrogens with one attached hydrogen (secondary N) is 2. The lowest BCUT2D eigenvalue weighted by molar-refractivity contribution is -0.125. The van der Waals surface area contributed by atoms with Gasteiger partial charge >= 0.3 is 0 Å². The van der Waals surface area contributed by atoms with Crippen LogP contribution in [0.15, 0.2) is 18.2 Å². The van der Waals surface area contributed by atoms with E-state index in [9.17, 15) is 9.59 Å². The van der Waals surface area contributed by atoms with Gasteiger partial charge in [0.05, 0.1) is 13.2 Å². The molecule has 0 aromatic heterocycles. The van der Waals surface area contributed by atoms with Gasteiger partial charge in [-0.3, -0.25) is 9.59 Å². The van der Waals surface area contributed by atoms with Crippen LogP contribution in [0.5, 0.6) is 11.5 Å². The minimum Gasteiger partial charge on any atom is -0.493 e. The first-order chi connectivity index (χ1) is 12.2. The van der Waals surface area contributed by atoms with Gasteiger partial charge in [-0.25, -0.2) is 0 Å². The zero-order chi connectivity index (χ0) is 17.6. The monoisotopic (exact) mass is 348 g/mol. The fourth-order valence-corrected chi connectivity index (χ4v) is 3.02. The van der Waals surface area contributed by atoms with Crippen LogP contribution in [0.25, 0.3) is 0 Å². The van der Waals surface area contributed by atoms with Crippen molar-refractivity contribution in [1.29, 1.82) is 0 Å². The topological polar surface area (TPSA) is 85.9 Å². The number of carbonyl (C=O) groups excluding carboxylic acids is 2. The number of rotatable bonds is 7. The predicted octanol–water partition coefficient (Wildman–Crippen LogP) is 1.15. The van der Waals surface area contributed by atoms with E-state index in [4.69, 9.17) is 14.2 Å². The molecule has 2 N–H and O–H groups in total. The summed E-state index contributed by atoms with van der Waals surface area (Å²) >= 11 is 0. The van der Waals surface area contributed by atoms with Crippen molar-refractivity contribution in [1.82, 2.24) is 10.6 Å². The lowest BCUT2D eigenvalue weighted by Gasteiger charge is -2.15. The van der Waals surface area contributed by atoms with Crippen LogP contribution in [0.3, 0.4) is 0 Å². The highest BCUT2D eigenvalue weighted by atomic mass is 16.5. The minimum absolute atomic E-state index is 0.0745. The van der Waals surface area contributed by atoms with Gasteiger partial charge in [-0.2, -0.15) is 0 Å². The van der Waals surface area contributed by atoms with Crippen molar-refractivity contribution < 1.29 is 23.8 Å². The number of amides is 2. The van der Waals surface area contributed by atoms with Gasteiger partial charge in [0.2, 0.25) is 11.8 Å². The normalized spacial score (nSPS) is 22.5. The van der Waals surface area contributed by atoms with Crippen LogP contribution >= 0.6 is 0 Å². The summed E-state index contributed by atoms with van der Waals surface area (Å²) in [6, 6.07) is 5.15. The summed E-state index contributed by atoms with van der Waals surface area (Å²) in [5.74, 6) is 1.05. The van der Waals surface area contributed by atoms with Crippen LogP contribution in [-0.2, 0) is 20.9 Å². The van der Waals surface area contributed by atoms with Crippen LogP contribution in [-0.4, -0.2) is 44.3 Å². The Bertz CT molecular complexity index is 628. The highest BCUT2D eigenvalue weighted by Crippen LogP contribution is 2.29. The maximum Gasteiger partial charge on any atom is 0.242 e. The number of hydrogen-bond acceptors (Lipinski definition) is 5. The second-order valence-electron chi connectivity index (χ2n) is 6.31. The summed E-state index contributed by atoms with van der Waals surface area (Å²) in [7, 11) is 1.59. The molecular weight excluding hydrogens is 324 g/mol. The van der Waals surface area contributed by atoms with Gasteiger partial charge in [0.25, 0.3) is 0 Å². The number of ether oxygens (including phenoxy) is 3. The molecular formula is C18H24N2O5. The smallest absolute Gasteiger partial charge is 0.242 e. The summed E-state index contributed by atoms with van der Waals surface area (Å²) in [6.45, 7) is 1.67. The Morgan fingerprint density at radius 3 is 2.92 bits per heavy atom. The van der Waals surface area contributed by atoms with E-state index in [-0.39, 0.29) is 17.9 Å². The maximum absolute atomic E-state index is 12.0. The number of carbonyl (C=O) groups is 2. The molecule has 25 heavy (non-hydrogen) atoms. The van der Waals surface area contributed by atoms with Crippen LogP contribution < -0.4 is 20.1 Å². The molecule has 1 aromatic carbocycles. The molecule has 0 radical (unpaired) electrons. The average Bonchev–Trinajstić information content (AvgIpc) is 3.29. The van der Waals surface area contributed by atoms with E-state index in [1.165, 1.54) is 0 Å². The molecule has 2 fully saturated rings. The number of methoxy groups -OCH3 is 1. The molecule has 2 aliphatic rings. The van der Waals surface area contributed by atoms with Crippen molar-refractivity contribution in [2.45, 2.75) is 44.4 Å². The Morgan fingerprint density at radius 1 is 1.36 bits per heavy atom. The first kappa shape index (κ1) is 17.5. The third-order valence-corrected chi connectivity index (χ3v) is 4.46. The van der Waals surface area contributed by atoms with Crippen LogP contribution in [0.4, 0.5) is 0 Å². The van der Waals surface area contributed by atoms with Gasteiger partial charge in [-0.15, -0.1) is 0 Å². The second-order valence-corrected chi connectivity index (χ2v) is 6.31. The molecule has 136 valence electrons. The fourth-order valence-electron chi connectivity index (χ4n) is 3.02. The van der Waals surface area contributed by atoms with Crippen LogP contribution in [0.2, 0.25) is 0 Å². The van der Waals surface area contributed by atoms with Crippen molar-refractivity contribution in [3.63, 3.8) is 0 Å². The Kier molecular flexibility index (Phi) is 5.75. The second kappa shape index (κ2) is 8.20. The van der Waals surface area contributed by atoms with Crippen molar-refractivity contribution in [2.75, 3.05) is 20.3 Å². The Morgan fingerprint density at radius 2 is 2.24 bits per heavy atom. The van der Waals surface area contributed by atoms with Gasteiger partial charge in [-0.05, 0) is 37.0 Å². The molecule has 3 rings (SSSR count). The SMILES string of the molecule is COc1cc(CNC(=O)[C@@H]2CCC(=O)N2)ccc1OC[C@H]1CCCO1. The van der Waals surface area contributed by atoms with Gasteiger partial charge in [0.15, 0.2) is 11.5 Å². The molecule has 0 saturated carbocycles. The quantitative estimate of drug-likeness (QED) is 0.772. The van der Waals surface area contributed by atoms with E-state index < -0.39 is 6.04 Å². The van der Waals surface area contributed by atoms with E-state index in [0.717, 1.165) is 25.0 Å². The van der Waals surface area contributed by atoms with Crippen LogP contribution in [0.1, 0.15) is 31.2 Å². The first-order valence-corrected chi connectivity index (χ1v) is 8.64. The molecule has 2 amide bonds. The molecule has 0 unspecified atom stereocenters. The highest BCUT2D eigenvalue weighted by molar-refractivity contribution is 5.90. The summed E-state index contributed by atoms with van der Waals surface area (Å²) in [5, 5.41) is 5.50. The lowest BCUT2D eigenvalue weighted by atomic mass is 10.1. The Balaban J connectivity index is 1.53. The maximum atomic E-state index is 12.0. The summed E-state index contributed by atoms with van der Waals surface area (Å²) in [6.07, 6.45) is 3.19. The van der Waals surface area contributed by atoms with Gasteiger partial charge in [0, 0.05) is 19.6 Å². The van der Waals surface area contributed by atoms with E-state index in [1.807, 2.05) is 18.2 Å².